The van der Waals surface area contributed by atoms with E-state index in [0.29, 0.717) is 6.42 Å². The highest BCUT2D eigenvalue weighted by atomic mass is 32.2. The molecule has 0 amide bonds. The molecule has 0 saturated carbocycles. The van der Waals surface area contributed by atoms with Crippen LogP contribution in [-0.2, 0) is 4.79 Å². The number of hydrogen-bond donors (Lipinski definition) is 1. The summed E-state index contributed by atoms with van der Waals surface area (Å²) in [6.07, 6.45) is 0.649. The maximum absolute atomic E-state index is 10.6. The van der Waals surface area contributed by atoms with Crippen molar-refractivity contribution in [3.63, 3.8) is 0 Å². The highest BCUT2D eigenvalue weighted by Crippen LogP contribution is 2.21. The molecular weight excluding hydrogens is 124 g/mol. The van der Waals surface area contributed by atoms with Gasteiger partial charge in [0.1, 0.15) is 5.78 Å². The first-order valence-electron chi connectivity index (χ1n) is 2.60. The van der Waals surface area contributed by atoms with Crippen LogP contribution in [0.1, 0.15) is 6.42 Å². The Hall–Kier alpha value is -0.0200. The Bertz CT molecular complexity index is 103. The molecule has 1 aliphatic rings. The summed E-state index contributed by atoms with van der Waals surface area (Å²) >= 11 is 1.55. The van der Waals surface area contributed by atoms with E-state index in [1.54, 1.807) is 11.8 Å². The fraction of sp³-hybridized carbons (Fsp3) is 0.800. The van der Waals surface area contributed by atoms with E-state index >= 15 is 0 Å². The third-order valence-corrected chi connectivity index (χ3v) is 2.45. The predicted molar refractivity (Wildman–Crippen MR) is 33.0 cm³/mol. The molecule has 3 heteroatoms. The van der Waals surface area contributed by atoms with E-state index in [0.717, 1.165) is 5.75 Å². The fourth-order valence-corrected chi connectivity index (χ4v) is 1.72. The van der Waals surface area contributed by atoms with Crippen LogP contribution in [0.2, 0.25) is 0 Å². The van der Waals surface area contributed by atoms with Gasteiger partial charge in [0.05, 0.1) is 11.9 Å². The molecule has 0 aliphatic carbocycles. The van der Waals surface area contributed by atoms with Crippen molar-refractivity contribution >= 4 is 17.5 Å². The van der Waals surface area contributed by atoms with Gasteiger partial charge in [0, 0.05) is 12.2 Å². The van der Waals surface area contributed by atoms with Crippen molar-refractivity contribution in [2.24, 2.45) is 0 Å². The van der Waals surface area contributed by atoms with Crippen molar-refractivity contribution in [1.82, 2.24) is 0 Å². The summed E-state index contributed by atoms with van der Waals surface area (Å²) < 4.78 is 0. The first kappa shape index (κ1) is 6.11. The molecular formula is C5H8O2S. The lowest BCUT2D eigenvalue weighted by Gasteiger charge is -1.97. The number of thioether (sulfide) groups is 1. The van der Waals surface area contributed by atoms with E-state index < -0.39 is 0 Å². The molecule has 1 unspecified atom stereocenters. The second kappa shape index (κ2) is 2.51. The van der Waals surface area contributed by atoms with E-state index in [4.69, 9.17) is 5.11 Å². The molecule has 0 aromatic rings. The summed E-state index contributed by atoms with van der Waals surface area (Å²) in [5, 5.41) is 8.39. The minimum atomic E-state index is -0.102. The van der Waals surface area contributed by atoms with Crippen LogP contribution < -0.4 is 0 Å². The van der Waals surface area contributed by atoms with Gasteiger partial charge in [-0.1, -0.05) is 0 Å². The largest absolute Gasteiger partial charge is 0.395 e. The maximum atomic E-state index is 10.6. The Kier molecular flexibility index (Phi) is 1.91. The second-order valence-electron chi connectivity index (χ2n) is 1.76. The van der Waals surface area contributed by atoms with Gasteiger partial charge in [-0.05, 0) is 0 Å². The van der Waals surface area contributed by atoms with E-state index in [1.165, 1.54) is 0 Å². The van der Waals surface area contributed by atoms with Crippen molar-refractivity contribution < 1.29 is 9.90 Å². The van der Waals surface area contributed by atoms with E-state index in [1.807, 2.05) is 0 Å². The highest BCUT2D eigenvalue weighted by molar-refractivity contribution is 8.01. The van der Waals surface area contributed by atoms with Gasteiger partial charge in [0.25, 0.3) is 0 Å². The lowest BCUT2D eigenvalue weighted by Crippen LogP contribution is -2.14. The van der Waals surface area contributed by atoms with Crippen LogP contribution in [0.5, 0.6) is 0 Å². The zero-order valence-corrected chi connectivity index (χ0v) is 5.28. The monoisotopic (exact) mass is 132 g/mol. The standard InChI is InChI=1S/C5H8O2S/c6-3-5-4(7)1-2-8-5/h5-6H,1-3H2. The molecule has 0 radical (unpaired) electrons. The molecule has 1 saturated heterocycles. The van der Waals surface area contributed by atoms with Gasteiger partial charge in [-0.3, -0.25) is 4.79 Å². The zero-order valence-electron chi connectivity index (χ0n) is 4.46. The summed E-state index contributed by atoms with van der Waals surface area (Å²) in [5.74, 6) is 1.10. The van der Waals surface area contributed by atoms with Gasteiger partial charge < -0.3 is 5.11 Å². The zero-order chi connectivity index (χ0) is 5.98. The first-order valence-corrected chi connectivity index (χ1v) is 3.64. The van der Waals surface area contributed by atoms with Gasteiger partial charge in [-0.15, -0.1) is 11.8 Å². The Labute approximate surface area is 52.3 Å². The Morgan fingerprint density at radius 3 is 2.88 bits per heavy atom. The molecule has 0 aromatic carbocycles. The summed E-state index contributed by atoms with van der Waals surface area (Å²) in [4.78, 5) is 10.6. The predicted octanol–water partition coefficient (Wildman–Crippen LogP) is 0.0533. The van der Waals surface area contributed by atoms with Crippen molar-refractivity contribution in [1.29, 1.82) is 0 Å². The van der Waals surface area contributed by atoms with E-state index in [9.17, 15) is 4.79 Å². The normalized spacial score (nSPS) is 29.1. The highest BCUT2D eigenvalue weighted by Gasteiger charge is 2.23. The lowest BCUT2D eigenvalue weighted by atomic mass is 10.2. The third kappa shape index (κ3) is 1.03. The van der Waals surface area contributed by atoms with Crippen LogP contribution in [-0.4, -0.2) is 28.5 Å². The molecule has 0 aromatic heterocycles. The van der Waals surface area contributed by atoms with Gasteiger partial charge in [-0.2, -0.15) is 0 Å². The smallest absolute Gasteiger partial charge is 0.148 e. The van der Waals surface area contributed by atoms with Crippen molar-refractivity contribution in [3.8, 4) is 0 Å². The molecule has 1 atom stereocenters. The van der Waals surface area contributed by atoms with Gasteiger partial charge >= 0.3 is 0 Å². The van der Waals surface area contributed by atoms with Crippen molar-refractivity contribution in [2.45, 2.75) is 11.7 Å². The second-order valence-corrected chi connectivity index (χ2v) is 3.07. The Morgan fingerprint density at radius 1 is 1.88 bits per heavy atom. The molecule has 46 valence electrons. The average molecular weight is 132 g/mol. The molecule has 1 heterocycles. The summed E-state index contributed by atoms with van der Waals surface area (Å²) in [7, 11) is 0. The molecule has 1 aliphatic heterocycles. The number of ketones is 1. The molecule has 1 fully saturated rings. The van der Waals surface area contributed by atoms with E-state index in [2.05, 4.69) is 0 Å². The molecule has 1 rings (SSSR count). The van der Waals surface area contributed by atoms with Crippen LogP contribution in [0.15, 0.2) is 0 Å². The number of aliphatic hydroxyl groups is 1. The molecule has 8 heavy (non-hydrogen) atoms. The topological polar surface area (TPSA) is 37.3 Å². The Balaban J connectivity index is 2.42. The number of Topliss-reactive ketones (excluding diaryl/α,β-unsaturated/α-hetero) is 1. The lowest BCUT2D eigenvalue weighted by molar-refractivity contribution is -0.118. The first-order chi connectivity index (χ1) is 3.84. The van der Waals surface area contributed by atoms with Crippen molar-refractivity contribution in [2.75, 3.05) is 12.4 Å². The third-order valence-electron chi connectivity index (χ3n) is 1.19. The van der Waals surface area contributed by atoms with Gasteiger partial charge in [-0.25, -0.2) is 0 Å². The van der Waals surface area contributed by atoms with Crippen LogP contribution in [0.25, 0.3) is 0 Å². The number of carbonyl (C=O) groups excluding carboxylic acids is 1. The van der Waals surface area contributed by atoms with Crippen LogP contribution >= 0.6 is 11.8 Å². The summed E-state index contributed by atoms with van der Waals surface area (Å²) in [6, 6.07) is 0. The quantitative estimate of drug-likeness (QED) is 0.548. The maximum Gasteiger partial charge on any atom is 0.148 e. The Morgan fingerprint density at radius 2 is 2.62 bits per heavy atom. The van der Waals surface area contributed by atoms with E-state index in [-0.39, 0.29) is 17.6 Å². The minimum Gasteiger partial charge on any atom is -0.395 e. The fourth-order valence-electron chi connectivity index (χ4n) is 0.710. The number of aliphatic hydroxyl groups excluding tert-OH is 1. The number of carbonyl (C=O) groups is 1. The van der Waals surface area contributed by atoms with Crippen LogP contribution in [0.4, 0.5) is 0 Å². The average Bonchev–Trinajstić information content (AvgIpc) is 2.14. The molecule has 2 nitrogen and oxygen atoms in total. The van der Waals surface area contributed by atoms with Gasteiger partial charge in [0.15, 0.2) is 0 Å². The number of hydrogen-bond acceptors (Lipinski definition) is 3. The molecule has 1 N–H and O–H groups in total. The SMILES string of the molecule is O=C1CCSC1CO. The van der Waals surface area contributed by atoms with Crippen molar-refractivity contribution in [3.05, 3.63) is 0 Å². The van der Waals surface area contributed by atoms with Crippen LogP contribution in [0, 0.1) is 0 Å². The molecule has 0 bridgehead atoms. The van der Waals surface area contributed by atoms with Gasteiger partial charge in [0.2, 0.25) is 0 Å². The number of rotatable bonds is 1. The summed E-state index contributed by atoms with van der Waals surface area (Å²) in [6.45, 7) is 0.0174. The summed E-state index contributed by atoms with van der Waals surface area (Å²) in [5.41, 5.74) is 0. The molecule has 0 spiro atoms. The minimum absolute atomic E-state index is 0.0174. The van der Waals surface area contributed by atoms with Crippen LogP contribution in [0.3, 0.4) is 0 Å².